The fourth-order valence-corrected chi connectivity index (χ4v) is 2.95. The Morgan fingerprint density at radius 1 is 1.14 bits per heavy atom. The van der Waals surface area contributed by atoms with Crippen molar-refractivity contribution in [2.24, 2.45) is 0 Å². The summed E-state index contributed by atoms with van der Waals surface area (Å²) >= 11 is 3.67. The molecular formula is C18H30BrNO. The van der Waals surface area contributed by atoms with Crippen molar-refractivity contribution in [3.63, 3.8) is 0 Å². The Hall–Kier alpha value is -0.540. The molecule has 1 aromatic carbocycles. The van der Waals surface area contributed by atoms with Gasteiger partial charge in [-0.2, -0.15) is 0 Å². The lowest BCUT2D eigenvalue weighted by Gasteiger charge is -2.20. The summed E-state index contributed by atoms with van der Waals surface area (Å²) in [7, 11) is 1.73. The Bertz CT molecular complexity index is 395. The average Bonchev–Trinajstić information content (AvgIpc) is 2.50. The van der Waals surface area contributed by atoms with Crippen LogP contribution in [0.15, 0.2) is 22.7 Å². The van der Waals surface area contributed by atoms with Crippen LogP contribution in [0.5, 0.6) is 5.75 Å². The van der Waals surface area contributed by atoms with Gasteiger partial charge in [-0.25, -0.2) is 0 Å². The summed E-state index contributed by atoms with van der Waals surface area (Å²) in [6, 6.07) is 6.80. The normalized spacial score (nSPS) is 12.4. The third-order valence-corrected chi connectivity index (χ3v) is 4.58. The molecule has 0 spiro atoms. The van der Waals surface area contributed by atoms with Crippen LogP contribution < -0.4 is 10.1 Å². The molecule has 0 amide bonds. The van der Waals surface area contributed by atoms with E-state index >= 15 is 0 Å². The second-order valence-electron chi connectivity index (χ2n) is 5.66. The zero-order valence-corrected chi connectivity index (χ0v) is 15.3. The summed E-state index contributed by atoms with van der Waals surface area (Å²) in [5, 5.41) is 3.70. The van der Waals surface area contributed by atoms with E-state index in [1.807, 2.05) is 6.07 Å². The molecule has 1 atom stereocenters. The molecule has 0 aliphatic carbocycles. The van der Waals surface area contributed by atoms with Crippen molar-refractivity contribution in [2.45, 2.75) is 64.8 Å². The van der Waals surface area contributed by atoms with Gasteiger partial charge in [-0.1, -0.05) is 55.5 Å². The first-order valence-electron chi connectivity index (χ1n) is 8.27. The Kier molecular flexibility index (Phi) is 9.77. The third-order valence-electron chi connectivity index (χ3n) is 3.81. The van der Waals surface area contributed by atoms with Crippen LogP contribution in [-0.4, -0.2) is 19.7 Å². The fraction of sp³-hybridized carbons (Fsp3) is 0.667. The van der Waals surface area contributed by atoms with Crippen molar-refractivity contribution < 1.29 is 4.74 Å². The molecule has 1 rings (SSSR count). The van der Waals surface area contributed by atoms with E-state index in [0.29, 0.717) is 6.04 Å². The highest BCUT2D eigenvalue weighted by Crippen LogP contribution is 2.24. The maximum Gasteiger partial charge on any atom is 0.119 e. The monoisotopic (exact) mass is 355 g/mol. The molecule has 3 heteroatoms. The van der Waals surface area contributed by atoms with Gasteiger partial charge in [-0.3, -0.25) is 0 Å². The van der Waals surface area contributed by atoms with Crippen LogP contribution in [-0.2, 0) is 6.42 Å². The molecule has 0 bridgehead atoms. The standard InChI is InChI=1S/C18H30BrNO/c1-4-6-7-8-9-16(20-12-5-2)13-15-14-17(21-3)10-11-18(15)19/h10-11,14,16,20H,4-9,12-13H2,1-3H3. The van der Waals surface area contributed by atoms with Gasteiger partial charge in [0, 0.05) is 10.5 Å². The number of nitrogens with one attached hydrogen (secondary N) is 1. The summed E-state index contributed by atoms with van der Waals surface area (Å²) in [5.74, 6) is 0.938. The highest BCUT2D eigenvalue weighted by atomic mass is 79.9. The molecule has 0 heterocycles. The molecule has 1 unspecified atom stereocenters. The van der Waals surface area contributed by atoms with Gasteiger partial charge >= 0.3 is 0 Å². The SMILES string of the molecule is CCCCCCC(Cc1cc(OC)ccc1Br)NCCC. The maximum absolute atomic E-state index is 5.34. The molecule has 1 N–H and O–H groups in total. The van der Waals surface area contributed by atoms with Gasteiger partial charge in [-0.05, 0) is 49.6 Å². The predicted molar refractivity (Wildman–Crippen MR) is 95.2 cm³/mol. The minimum absolute atomic E-state index is 0.560. The summed E-state index contributed by atoms with van der Waals surface area (Å²) in [4.78, 5) is 0. The molecule has 120 valence electrons. The summed E-state index contributed by atoms with van der Waals surface area (Å²) < 4.78 is 6.53. The number of hydrogen-bond donors (Lipinski definition) is 1. The average molecular weight is 356 g/mol. The molecule has 21 heavy (non-hydrogen) atoms. The zero-order chi connectivity index (χ0) is 15.5. The quantitative estimate of drug-likeness (QED) is 0.541. The topological polar surface area (TPSA) is 21.3 Å². The molecule has 0 radical (unpaired) electrons. The van der Waals surface area contributed by atoms with Crippen LogP contribution in [0.4, 0.5) is 0 Å². The molecule has 0 aliphatic heterocycles. The maximum atomic E-state index is 5.34. The number of halogens is 1. The van der Waals surface area contributed by atoms with Crippen LogP contribution in [0.2, 0.25) is 0 Å². The van der Waals surface area contributed by atoms with Crippen molar-refractivity contribution >= 4 is 15.9 Å². The lowest BCUT2D eigenvalue weighted by atomic mass is 9.99. The summed E-state index contributed by atoms with van der Waals surface area (Å²) in [6.45, 7) is 5.59. The van der Waals surface area contributed by atoms with Gasteiger partial charge in [0.25, 0.3) is 0 Å². The molecular weight excluding hydrogens is 326 g/mol. The fourth-order valence-electron chi connectivity index (χ4n) is 2.54. The van der Waals surface area contributed by atoms with Gasteiger partial charge in [0.15, 0.2) is 0 Å². The van der Waals surface area contributed by atoms with Crippen molar-refractivity contribution in [3.8, 4) is 5.75 Å². The Morgan fingerprint density at radius 3 is 2.62 bits per heavy atom. The van der Waals surface area contributed by atoms with Gasteiger partial charge < -0.3 is 10.1 Å². The first-order valence-corrected chi connectivity index (χ1v) is 9.06. The number of benzene rings is 1. The van der Waals surface area contributed by atoms with E-state index in [4.69, 9.17) is 4.74 Å². The van der Waals surface area contributed by atoms with Crippen molar-refractivity contribution in [1.29, 1.82) is 0 Å². The number of hydrogen-bond acceptors (Lipinski definition) is 2. The summed E-state index contributed by atoms with van der Waals surface area (Å²) in [6.07, 6.45) is 8.81. The lowest BCUT2D eigenvalue weighted by Crippen LogP contribution is -2.31. The Morgan fingerprint density at radius 2 is 1.95 bits per heavy atom. The van der Waals surface area contributed by atoms with E-state index in [1.54, 1.807) is 7.11 Å². The smallest absolute Gasteiger partial charge is 0.119 e. The highest BCUT2D eigenvalue weighted by molar-refractivity contribution is 9.10. The Balaban J connectivity index is 2.61. The van der Waals surface area contributed by atoms with Gasteiger partial charge in [0.2, 0.25) is 0 Å². The van der Waals surface area contributed by atoms with E-state index in [0.717, 1.165) is 18.7 Å². The van der Waals surface area contributed by atoms with Crippen LogP contribution in [0.3, 0.4) is 0 Å². The first-order chi connectivity index (χ1) is 10.2. The van der Waals surface area contributed by atoms with E-state index in [2.05, 4.69) is 47.2 Å². The molecule has 0 saturated carbocycles. The minimum atomic E-state index is 0.560. The number of rotatable bonds is 11. The highest BCUT2D eigenvalue weighted by Gasteiger charge is 2.11. The van der Waals surface area contributed by atoms with E-state index in [1.165, 1.54) is 48.6 Å². The molecule has 0 aromatic heterocycles. The van der Waals surface area contributed by atoms with Crippen LogP contribution in [0, 0.1) is 0 Å². The zero-order valence-electron chi connectivity index (χ0n) is 13.8. The van der Waals surface area contributed by atoms with Crippen molar-refractivity contribution in [2.75, 3.05) is 13.7 Å². The molecule has 2 nitrogen and oxygen atoms in total. The lowest BCUT2D eigenvalue weighted by molar-refractivity contribution is 0.412. The molecule has 0 aliphatic rings. The van der Waals surface area contributed by atoms with E-state index < -0.39 is 0 Å². The third kappa shape index (κ3) is 7.32. The Labute approximate surface area is 138 Å². The van der Waals surface area contributed by atoms with Crippen LogP contribution >= 0.6 is 15.9 Å². The van der Waals surface area contributed by atoms with Crippen molar-refractivity contribution in [3.05, 3.63) is 28.2 Å². The van der Waals surface area contributed by atoms with Crippen molar-refractivity contribution in [1.82, 2.24) is 5.32 Å². The largest absolute Gasteiger partial charge is 0.497 e. The minimum Gasteiger partial charge on any atom is -0.497 e. The summed E-state index contributed by atoms with van der Waals surface area (Å²) in [5.41, 5.74) is 1.33. The van der Waals surface area contributed by atoms with Gasteiger partial charge in [0.05, 0.1) is 7.11 Å². The predicted octanol–water partition coefficient (Wildman–Crippen LogP) is 5.34. The van der Waals surface area contributed by atoms with E-state index in [9.17, 15) is 0 Å². The molecule has 1 aromatic rings. The van der Waals surface area contributed by atoms with Gasteiger partial charge in [-0.15, -0.1) is 0 Å². The number of methoxy groups -OCH3 is 1. The molecule has 0 saturated heterocycles. The molecule has 0 fully saturated rings. The first kappa shape index (κ1) is 18.5. The van der Waals surface area contributed by atoms with Gasteiger partial charge in [0.1, 0.15) is 5.75 Å². The van der Waals surface area contributed by atoms with Crippen LogP contribution in [0.25, 0.3) is 0 Å². The van der Waals surface area contributed by atoms with Crippen LogP contribution in [0.1, 0.15) is 57.9 Å². The van der Waals surface area contributed by atoms with E-state index in [-0.39, 0.29) is 0 Å². The number of ether oxygens (including phenoxy) is 1. The number of unbranched alkanes of at least 4 members (excludes halogenated alkanes) is 3. The second-order valence-corrected chi connectivity index (χ2v) is 6.52. The second kappa shape index (κ2) is 11.1.